The van der Waals surface area contributed by atoms with E-state index in [-0.39, 0.29) is 16.8 Å². The molecule has 8 heteroatoms. The van der Waals surface area contributed by atoms with Gasteiger partial charge < -0.3 is 15.1 Å². The van der Waals surface area contributed by atoms with Crippen molar-refractivity contribution in [2.45, 2.75) is 20.3 Å². The van der Waals surface area contributed by atoms with Crippen LogP contribution < -0.4 is 16.0 Å². The maximum absolute atomic E-state index is 12.0. The van der Waals surface area contributed by atoms with Crippen molar-refractivity contribution in [1.82, 2.24) is 5.32 Å². The maximum Gasteiger partial charge on any atom is 0.293 e. The second-order valence-corrected chi connectivity index (χ2v) is 6.08. The van der Waals surface area contributed by atoms with E-state index in [4.69, 9.17) is 16.6 Å². The van der Waals surface area contributed by atoms with Gasteiger partial charge in [-0.3, -0.25) is 14.9 Å². The monoisotopic (exact) mass is 409 g/mol. The van der Waals surface area contributed by atoms with Crippen LogP contribution in [0.5, 0.6) is 0 Å². The molecule has 0 aliphatic heterocycles. The third-order valence-corrected chi connectivity index (χ3v) is 3.83. The fraction of sp³-hybridized carbons (Fsp3) is 0.188. The van der Waals surface area contributed by atoms with Gasteiger partial charge in [0.2, 0.25) is 5.91 Å². The topological polar surface area (TPSA) is 83.4 Å². The van der Waals surface area contributed by atoms with Crippen LogP contribution >= 0.6 is 28.1 Å². The number of anilines is 2. The molecule has 0 aliphatic rings. The van der Waals surface area contributed by atoms with Crippen molar-refractivity contribution in [3.63, 3.8) is 0 Å². The molecule has 0 radical (unpaired) electrons. The summed E-state index contributed by atoms with van der Waals surface area (Å²) in [5.74, 6) is -0.382. The second-order valence-electron chi connectivity index (χ2n) is 4.89. The standard InChI is InChI=1S/C16H16BrN3O3S/c1-3-14(21)18-10-5-4-6-11(9(10)2)19-16(24)20-15(22)12-7-8-13(17)23-12/h4-8H,3H2,1-2H3,(H,18,21)(H2,19,20,22,24). The molecular formula is C16H16BrN3O3S. The molecule has 1 heterocycles. The summed E-state index contributed by atoms with van der Waals surface area (Å²) in [6.45, 7) is 3.63. The van der Waals surface area contributed by atoms with Crippen LogP contribution in [0.1, 0.15) is 29.5 Å². The Morgan fingerprint density at radius 3 is 2.42 bits per heavy atom. The van der Waals surface area contributed by atoms with Gasteiger partial charge in [-0.15, -0.1) is 0 Å². The molecule has 1 aromatic carbocycles. The van der Waals surface area contributed by atoms with Gasteiger partial charge in [-0.05, 0) is 64.9 Å². The molecule has 3 N–H and O–H groups in total. The van der Waals surface area contributed by atoms with E-state index in [0.717, 1.165) is 5.56 Å². The molecule has 2 rings (SSSR count). The SMILES string of the molecule is CCC(=O)Nc1cccc(NC(=S)NC(=O)c2ccc(Br)o2)c1C. The number of hydrogen-bond donors (Lipinski definition) is 3. The van der Waals surface area contributed by atoms with Crippen molar-refractivity contribution in [1.29, 1.82) is 0 Å². The molecule has 6 nitrogen and oxygen atoms in total. The highest BCUT2D eigenvalue weighted by Gasteiger charge is 2.13. The van der Waals surface area contributed by atoms with Crippen molar-refractivity contribution in [3.8, 4) is 0 Å². The van der Waals surface area contributed by atoms with Crippen LogP contribution in [0.4, 0.5) is 11.4 Å². The fourth-order valence-corrected chi connectivity index (χ4v) is 2.41. The first-order valence-electron chi connectivity index (χ1n) is 7.17. The third-order valence-electron chi connectivity index (χ3n) is 3.20. The lowest BCUT2D eigenvalue weighted by Crippen LogP contribution is -2.34. The maximum atomic E-state index is 12.0. The zero-order valence-corrected chi connectivity index (χ0v) is 15.5. The molecule has 2 amide bonds. The van der Waals surface area contributed by atoms with Crippen LogP contribution in [0.15, 0.2) is 39.4 Å². The fourth-order valence-electron chi connectivity index (χ4n) is 1.90. The number of carbonyl (C=O) groups is 2. The minimum absolute atomic E-state index is 0.0745. The van der Waals surface area contributed by atoms with Gasteiger partial charge in [-0.1, -0.05) is 13.0 Å². The molecule has 0 unspecified atom stereocenters. The predicted molar refractivity (Wildman–Crippen MR) is 100 cm³/mol. The van der Waals surface area contributed by atoms with E-state index >= 15 is 0 Å². The summed E-state index contributed by atoms with van der Waals surface area (Å²) in [6, 6.07) is 8.55. The van der Waals surface area contributed by atoms with Gasteiger partial charge in [0.05, 0.1) is 0 Å². The summed E-state index contributed by atoms with van der Waals surface area (Å²) < 4.78 is 5.62. The largest absolute Gasteiger partial charge is 0.444 e. The third kappa shape index (κ3) is 4.65. The molecule has 0 fully saturated rings. The predicted octanol–water partition coefficient (Wildman–Crippen LogP) is 3.83. The quantitative estimate of drug-likeness (QED) is 0.668. The number of thiocarbonyl (C=S) groups is 1. The van der Waals surface area contributed by atoms with Gasteiger partial charge in [0.25, 0.3) is 5.91 Å². The first kappa shape index (κ1) is 18.2. The number of carbonyl (C=O) groups excluding carboxylic acids is 2. The molecule has 1 aromatic heterocycles. The zero-order chi connectivity index (χ0) is 17.7. The van der Waals surface area contributed by atoms with Crippen molar-refractivity contribution in [2.24, 2.45) is 0 Å². The highest BCUT2D eigenvalue weighted by atomic mass is 79.9. The molecule has 0 saturated heterocycles. The molecule has 24 heavy (non-hydrogen) atoms. The van der Waals surface area contributed by atoms with Gasteiger partial charge in [0.1, 0.15) is 0 Å². The highest BCUT2D eigenvalue weighted by Crippen LogP contribution is 2.23. The van der Waals surface area contributed by atoms with E-state index in [9.17, 15) is 9.59 Å². The Morgan fingerprint density at radius 2 is 1.83 bits per heavy atom. The molecule has 0 bridgehead atoms. The highest BCUT2D eigenvalue weighted by molar-refractivity contribution is 9.10. The van der Waals surface area contributed by atoms with Gasteiger partial charge >= 0.3 is 0 Å². The summed E-state index contributed by atoms with van der Waals surface area (Å²) in [5.41, 5.74) is 2.20. The van der Waals surface area contributed by atoms with Crippen LogP contribution in [-0.2, 0) is 4.79 Å². The van der Waals surface area contributed by atoms with Gasteiger partial charge in [0.15, 0.2) is 15.5 Å². The first-order valence-corrected chi connectivity index (χ1v) is 8.38. The van der Waals surface area contributed by atoms with Crippen molar-refractivity contribution >= 4 is 56.4 Å². The Balaban J connectivity index is 2.05. The minimum atomic E-state index is -0.453. The van der Waals surface area contributed by atoms with Crippen molar-refractivity contribution in [2.75, 3.05) is 10.6 Å². The Morgan fingerprint density at radius 1 is 1.17 bits per heavy atom. The van der Waals surface area contributed by atoms with Crippen LogP contribution in [-0.4, -0.2) is 16.9 Å². The van der Waals surface area contributed by atoms with Crippen LogP contribution in [0.3, 0.4) is 0 Å². The Hall–Kier alpha value is -2.19. The van der Waals surface area contributed by atoms with E-state index in [2.05, 4.69) is 31.9 Å². The molecule has 0 aliphatic carbocycles. The number of benzene rings is 1. The van der Waals surface area contributed by atoms with Crippen LogP contribution in [0.25, 0.3) is 0 Å². The van der Waals surface area contributed by atoms with Gasteiger partial charge in [0, 0.05) is 17.8 Å². The lowest BCUT2D eigenvalue weighted by Gasteiger charge is -2.14. The number of hydrogen-bond acceptors (Lipinski definition) is 4. The summed E-state index contributed by atoms with van der Waals surface area (Å²) in [5, 5.41) is 8.43. The molecule has 2 aromatic rings. The lowest BCUT2D eigenvalue weighted by atomic mass is 10.1. The van der Waals surface area contributed by atoms with Gasteiger partial charge in [-0.25, -0.2) is 0 Å². The summed E-state index contributed by atoms with van der Waals surface area (Å²) >= 11 is 8.28. The van der Waals surface area contributed by atoms with E-state index < -0.39 is 5.91 Å². The zero-order valence-electron chi connectivity index (χ0n) is 13.1. The Kier molecular flexibility index (Phi) is 6.10. The average Bonchev–Trinajstić information content (AvgIpc) is 2.97. The minimum Gasteiger partial charge on any atom is -0.444 e. The van der Waals surface area contributed by atoms with E-state index in [1.807, 2.05) is 6.92 Å². The summed E-state index contributed by atoms with van der Waals surface area (Å²) in [6.07, 6.45) is 0.393. The average molecular weight is 410 g/mol. The van der Waals surface area contributed by atoms with Gasteiger partial charge in [-0.2, -0.15) is 0 Å². The summed E-state index contributed by atoms with van der Waals surface area (Å²) in [7, 11) is 0. The van der Waals surface area contributed by atoms with Crippen molar-refractivity contribution in [3.05, 3.63) is 46.3 Å². The Bertz CT molecular complexity index is 789. The summed E-state index contributed by atoms with van der Waals surface area (Å²) in [4.78, 5) is 23.5. The number of nitrogens with one attached hydrogen (secondary N) is 3. The first-order chi connectivity index (χ1) is 11.4. The van der Waals surface area contributed by atoms with Crippen LogP contribution in [0.2, 0.25) is 0 Å². The lowest BCUT2D eigenvalue weighted by molar-refractivity contribution is -0.115. The normalized spacial score (nSPS) is 10.1. The molecule has 0 spiro atoms. The second kappa shape index (κ2) is 8.07. The number of furan rings is 1. The molecule has 0 atom stereocenters. The molecular weight excluding hydrogens is 394 g/mol. The van der Waals surface area contributed by atoms with Crippen LogP contribution in [0, 0.1) is 6.92 Å². The molecule has 0 saturated carbocycles. The van der Waals surface area contributed by atoms with E-state index in [1.54, 1.807) is 31.2 Å². The molecule has 126 valence electrons. The van der Waals surface area contributed by atoms with E-state index in [1.165, 1.54) is 6.07 Å². The number of rotatable bonds is 4. The smallest absolute Gasteiger partial charge is 0.293 e. The van der Waals surface area contributed by atoms with E-state index in [0.29, 0.717) is 22.5 Å². The van der Waals surface area contributed by atoms with Crippen molar-refractivity contribution < 1.29 is 14.0 Å². The Labute approximate surface area is 153 Å². The number of halogens is 1. The number of amides is 2.